The van der Waals surface area contributed by atoms with Gasteiger partial charge in [0, 0.05) is 40.6 Å². The van der Waals surface area contributed by atoms with E-state index in [1.807, 2.05) is 48.5 Å². The Kier molecular flexibility index (Phi) is 12.3. The van der Waals surface area contributed by atoms with Gasteiger partial charge in [0.25, 0.3) is 0 Å². The molecule has 0 saturated carbocycles. The summed E-state index contributed by atoms with van der Waals surface area (Å²) in [6.45, 7) is 7.18. The molecule has 5 rings (SSSR count). The molecule has 5 aromatic rings. The Labute approximate surface area is 285 Å². The van der Waals surface area contributed by atoms with E-state index in [1.54, 1.807) is 42.5 Å². The molecule has 0 radical (unpaired) electrons. The highest BCUT2D eigenvalue weighted by molar-refractivity contribution is 7.94. The number of aromatic carboxylic acids is 1. The average molecular weight is 665 g/mol. The van der Waals surface area contributed by atoms with Crippen molar-refractivity contribution in [3.05, 3.63) is 150 Å². The first kappa shape index (κ1) is 34.3. The number of hydrogen-bond donors (Lipinski definition) is 1. The van der Waals surface area contributed by atoms with Gasteiger partial charge < -0.3 is 23.5 Å². The van der Waals surface area contributed by atoms with E-state index in [2.05, 4.69) is 19.6 Å². The minimum Gasteiger partial charge on any atom is -0.493 e. The van der Waals surface area contributed by atoms with Crippen LogP contribution in [0.4, 0.5) is 4.39 Å². The molecule has 0 atom stereocenters. The Morgan fingerprint density at radius 3 is 2.33 bits per heavy atom. The van der Waals surface area contributed by atoms with Gasteiger partial charge in [-0.05, 0) is 72.0 Å². The van der Waals surface area contributed by atoms with Gasteiger partial charge in [-0.3, -0.25) is 0 Å². The van der Waals surface area contributed by atoms with Gasteiger partial charge in [-0.15, -0.1) is 6.58 Å². The molecule has 5 aromatic carbocycles. The van der Waals surface area contributed by atoms with Gasteiger partial charge in [-0.25, -0.2) is 9.18 Å². The van der Waals surface area contributed by atoms with E-state index in [9.17, 15) is 14.3 Å². The van der Waals surface area contributed by atoms with Crippen LogP contribution in [-0.2, 0) is 23.6 Å². The number of rotatable bonds is 17. The van der Waals surface area contributed by atoms with Crippen LogP contribution in [0.5, 0.6) is 23.0 Å². The Hall–Kier alpha value is -5.05. The van der Waals surface area contributed by atoms with Crippen LogP contribution in [0.25, 0.3) is 11.1 Å². The number of carbonyl (C=O) groups is 1. The van der Waals surface area contributed by atoms with Crippen molar-refractivity contribution < 1.29 is 32.7 Å². The van der Waals surface area contributed by atoms with Crippen molar-refractivity contribution >= 4 is 18.0 Å². The zero-order valence-corrected chi connectivity index (χ0v) is 27.5. The van der Waals surface area contributed by atoms with Crippen LogP contribution in [0, 0.1) is 5.82 Å². The van der Waals surface area contributed by atoms with E-state index in [4.69, 9.17) is 18.4 Å². The molecule has 6 nitrogen and oxygen atoms in total. The minimum absolute atomic E-state index is 0.0857. The molecule has 8 heteroatoms. The van der Waals surface area contributed by atoms with Crippen LogP contribution in [0.15, 0.2) is 127 Å². The fourth-order valence-electron chi connectivity index (χ4n) is 5.05. The standard InChI is InChI=1S/C40H37FO6S/c1-3-12-32-35(47-36-16-9-8-15-33(36)40(42)43)17-10-18-39(32)48-46-24-11-23-44-37-26-38(45-27-28-13-6-5-7-14-28)34(25-29(37)4-2)30-19-21-31(41)22-20-30/h3,5-10,13-22,25-26H,1,4,11-12,23-24,27H2,2H3,(H,42,43). The summed E-state index contributed by atoms with van der Waals surface area (Å²) >= 11 is 1.24. The second-order valence-electron chi connectivity index (χ2n) is 10.8. The third-order valence-corrected chi connectivity index (χ3v) is 8.34. The quantitative estimate of drug-likeness (QED) is 0.0602. The molecule has 0 aliphatic rings. The Morgan fingerprint density at radius 2 is 1.58 bits per heavy atom. The summed E-state index contributed by atoms with van der Waals surface area (Å²) in [5.74, 6) is 0.855. The third kappa shape index (κ3) is 9.06. The molecule has 0 amide bonds. The van der Waals surface area contributed by atoms with Crippen LogP contribution in [0.3, 0.4) is 0 Å². The number of hydrogen-bond acceptors (Lipinski definition) is 6. The maximum atomic E-state index is 13.7. The molecule has 1 N–H and O–H groups in total. The highest BCUT2D eigenvalue weighted by atomic mass is 32.2. The molecular formula is C40H37FO6S. The van der Waals surface area contributed by atoms with Crippen LogP contribution in [0.1, 0.15) is 40.4 Å². The molecule has 0 bridgehead atoms. The first-order valence-corrected chi connectivity index (χ1v) is 16.5. The lowest BCUT2D eigenvalue weighted by Crippen LogP contribution is -2.05. The number of ether oxygens (including phenoxy) is 3. The van der Waals surface area contributed by atoms with Crippen molar-refractivity contribution in [1.82, 2.24) is 0 Å². The summed E-state index contributed by atoms with van der Waals surface area (Å²) < 4.78 is 38.3. The number of allylic oxidation sites excluding steroid dienone is 1. The topological polar surface area (TPSA) is 74.2 Å². The molecule has 0 spiro atoms. The lowest BCUT2D eigenvalue weighted by Gasteiger charge is -2.18. The fraction of sp³-hybridized carbons (Fsp3) is 0.175. The van der Waals surface area contributed by atoms with Crippen LogP contribution >= 0.6 is 12.0 Å². The van der Waals surface area contributed by atoms with Gasteiger partial charge in [-0.2, -0.15) is 0 Å². The molecule has 0 aliphatic heterocycles. The highest BCUT2D eigenvalue weighted by Gasteiger charge is 2.16. The van der Waals surface area contributed by atoms with Gasteiger partial charge in [0.15, 0.2) is 0 Å². The zero-order chi connectivity index (χ0) is 33.7. The van der Waals surface area contributed by atoms with Gasteiger partial charge in [-0.1, -0.05) is 73.7 Å². The van der Waals surface area contributed by atoms with Gasteiger partial charge in [0.1, 0.15) is 41.0 Å². The van der Waals surface area contributed by atoms with Gasteiger partial charge in [0.2, 0.25) is 0 Å². The SMILES string of the molecule is C=CCc1c(Oc2ccccc2C(=O)O)cccc1SOCCCOc1cc(OCc2ccccc2)c(-c2ccc(F)cc2)cc1CC. The largest absolute Gasteiger partial charge is 0.493 e. The summed E-state index contributed by atoms with van der Waals surface area (Å²) in [5.41, 5.74) is 4.74. The lowest BCUT2D eigenvalue weighted by atomic mass is 10.00. The van der Waals surface area contributed by atoms with Crippen LogP contribution in [-0.4, -0.2) is 24.3 Å². The Morgan fingerprint density at radius 1 is 0.833 bits per heavy atom. The molecule has 48 heavy (non-hydrogen) atoms. The molecule has 0 unspecified atom stereocenters. The third-order valence-electron chi connectivity index (χ3n) is 7.49. The molecular weight excluding hydrogens is 627 g/mol. The van der Waals surface area contributed by atoms with E-state index >= 15 is 0 Å². The maximum absolute atomic E-state index is 13.7. The summed E-state index contributed by atoms with van der Waals surface area (Å²) in [4.78, 5) is 12.5. The lowest BCUT2D eigenvalue weighted by molar-refractivity contribution is 0.0694. The molecule has 0 aliphatic carbocycles. The smallest absolute Gasteiger partial charge is 0.339 e. The molecule has 0 fully saturated rings. The fourth-order valence-corrected chi connectivity index (χ4v) is 5.79. The molecule has 0 heterocycles. The number of aryl methyl sites for hydroxylation is 1. The predicted octanol–water partition coefficient (Wildman–Crippen LogP) is 10.3. The number of benzene rings is 5. The summed E-state index contributed by atoms with van der Waals surface area (Å²) in [6, 6.07) is 32.5. The average Bonchev–Trinajstić information content (AvgIpc) is 3.11. The zero-order valence-electron chi connectivity index (χ0n) is 26.7. The summed E-state index contributed by atoms with van der Waals surface area (Å²) in [6.07, 6.45) is 3.67. The van der Waals surface area contributed by atoms with E-state index in [-0.39, 0.29) is 17.1 Å². The van der Waals surface area contributed by atoms with Crippen molar-refractivity contribution in [2.45, 2.75) is 37.7 Å². The van der Waals surface area contributed by atoms with Crippen molar-refractivity contribution in [3.63, 3.8) is 0 Å². The number of carboxylic acids is 1. The molecule has 246 valence electrons. The first-order chi connectivity index (χ1) is 23.5. The summed E-state index contributed by atoms with van der Waals surface area (Å²) in [7, 11) is 0. The Balaban J connectivity index is 1.23. The number of carboxylic acid groups (broad SMARTS) is 1. The van der Waals surface area contributed by atoms with E-state index in [0.717, 1.165) is 44.9 Å². The van der Waals surface area contributed by atoms with E-state index in [0.29, 0.717) is 44.2 Å². The second kappa shape index (κ2) is 17.2. The minimum atomic E-state index is -1.06. The van der Waals surface area contributed by atoms with Gasteiger partial charge in [0.05, 0.1) is 13.2 Å². The van der Waals surface area contributed by atoms with E-state index < -0.39 is 5.97 Å². The summed E-state index contributed by atoms with van der Waals surface area (Å²) in [5, 5.41) is 9.56. The highest BCUT2D eigenvalue weighted by Crippen LogP contribution is 2.38. The predicted molar refractivity (Wildman–Crippen MR) is 188 cm³/mol. The van der Waals surface area contributed by atoms with Crippen molar-refractivity contribution in [3.8, 4) is 34.1 Å². The first-order valence-electron chi connectivity index (χ1n) is 15.7. The van der Waals surface area contributed by atoms with Gasteiger partial charge >= 0.3 is 5.97 Å². The van der Waals surface area contributed by atoms with E-state index in [1.165, 1.54) is 30.2 Å². The van der Waals surface area contributed by atoms with Crippen LogP contribution in [0.2, 0.25) is 0 Å². The number of para-hydroxylation sites is 1. The van der Waals surface area contributed by atoms with Crippen molar-refractivity contribution in [2.24, 2.45) is 0 Å². The molecule has 0 aromatic heterocycles. The number of halogens is 1. The van der Waals surface area contributed by atoms with Crippen molar-refractivity contribution in [1.29, 1.82) is 0 Å². The van der Waals surface area contributed by atoms with Crippen LogP contribution < -0.4 is 14.2 Å². The monoisotopic (exact) mass is 664 g/mol. The Bertz CT molecular complexity index is 1820. The van der Waals surface area contributed by atoms with Crippen molar-refractivity contribution in [2.75, 3.05) is 13.2 Å². The maximum Gasteiger partial charge on any atom is 0.339 e. The normalized spacial score (nSPS) is 10.8. The molecule has 0 saturated heterocycles. The second-order valence-corrected chi connectivity index (χ2v) is 11.7.